The van der Waals surface area contributed by atoms with Gasteiger partial charge >= 0.3 is 6.03 Å². The van der Waals surface area contributed by atoms with Crippen LogP contribution in [0.5, 0.6) is 5.88 Å². The van der Waals surface area contributed by atoms with Crippen LogP contribution in [0, 0.1) is 5.82 Å². The van der Waals surface area contributed by atoms with E-state index in [9.17, 15) is 9.18 Å². The predicted octanol–water partition coefficient (Wildman–Crippen LogP) is 3.39. The summed E-state index contributed by atoms with van der Waals surface area (Å²) >= 11 is 0. The van der Waals surface area contributed by atoms with E-state index in [1.807, 2.05) is 18.2 Å². The minimum Gasteiger partial charge on any atom is -0.481 e. The average Bonchev–Trinajstić information content (AvgIpc) is 3.21. The number of ether oxygens (including phenoxy) is 1. The summed E-state index contributed by atoms with van der Waals surface area (Å²) < 4.78 is 18.4. The number of hydrogen-bond acceptors (Lipinski definition) is 4. The van der Waals surface area contributed by atoms with Gasteiger partial charge in [-0.05, 0) is 36.6 Å². The maximum Gasteiger partial charge on any atom is 0.317 e. The van der Waals surface area contributed by atoms with Crippen molar-refractivity contribution < 1.29 is 13.9 Å². The van der Waals surface area contributed by atoms with E-state index in [1.165, 1.54) is 12.1 Å². The Balaban J connectivity index is 1.42. The molecule has 1 aromatic carbocycles. The van der Waals surface area contributed by atoms with Gasteiger partial charge in [-0.3, -0.25) is 5.10 Å². The van der Waals surface area contributed by atoms with Crippen molar-refractivity contribution >= 4 is 6.03 Å². The minimum atomic E-state index is -0.287. The van der Waals surface area contributed by atoms with E-state index in [0.717, 1.165) is 29.7 Å². The number of rotatable bonds is 8. The number of H-pyrrole nitrogens is 1. The zero-order valence-corrected chi connectivity index (χ0v) is 16.5. The maximum atomic E-state index is 13.3. The first-order chi connectivity index (χ1) is 14.0. The lowest BCUT2D eigenvalue weighted by Gasteiger charge is -2.17. The third-order valence-electron chi connectivity index (χ3n) is 4.49. The number of nitrogens with zero attached hydrogens (tertiary/aromatic N) is 3. The molecule has 3 aromatic rings. The highest BCUT2D eigenvalue weighted by Gasteiger charge is 2.09. The Kier molecular flexibility index (Phi) is 6.78. The van der Waals surface area contributed by atoms with Crippen molar-refractivity contribution in [2.45, 2.75) is 19.4 Å². The lowest BCUT2D eigenvalue weighted by atomic mass is 10.1. The van der Waals surface area contributed by atoms with Crippen LogP contribution in [0.3, 0.4) is 0 Å². The number of aromatic amines is 1. The molecule has 0 unspecified atom stereocenters. The number of carbonyl (C=O) groups is 1. The molecule has 0 atom stereocenters. The van der Waals surface area contributed by atoms with Gasteiger partial charge < -0.3 is 15.0 Å². The highest BCUT2D eigenvalue weighted by molar-refractivity contribution is 5.73. The number of pyridine rings is 1. The largest absolute Gasteiger partial charge is 0.481 e. The molecule has 0 saturated carbocycles. The summed E-state index contributed by atoms with van der Waals surface area (Å²) in [5.74, 6) is 0.252. The second-order valence-corrected chi connectivity index (χ2v) is 6.68. The van der Waals surface area contributed by atoms with Crippen LogP contribution in [-0.4, -0.2) is 46.8 Å². The van der Waals surface area contributed by atoms with Crippen molar-refractivity contribution in [2.75, 3.05) is 20.7 Å². The van der Waals surface area contributed by atoms with Gasteiger partial charge in [-0.15, -0.1) is 0 Å². The Morgan fingerprint density at radius 3 is 2.86 bits per heavy atom. The van der Waals surface area contributed by atoms with Crippen LogP contribution in [-0.2, 0) is 13.0 Å². The fraction of sp³-hybridized carbons (Fsp3) is 0.286. The van der Waals surface area contributed by atoms with Crippen LogP contribution in [0.25, 0.3) is 11.3 Å². The predicted molar refractivity (Wildman–Crippen MR) is 108 cm³/mol. The zero-order valence-electron chi connectivity index (χ0n) is 16.5. The smallest absolute Gasteiger partial charge is 0.317 e. The molecule has 0 radical (unpaired) electrons. The molecule has 0 aliphatic rings. The van der Waals surface area contributed by atoms with Crippen molar-refractivity contribution in [2.24, 2.45) is 0 Å². The number of halogens is 1. The van der Waals surface area contributed by atoms with E-state index in [4.69, 9.17) is 4.74 Å². The van der Waals surface area contributed by atoms with Crippen LogP contribution in [0.15, 0.2) is 48.7 Å². The first-order valence-corrected chi connectivity index (χ1v) is 9.33. The Hall–Kier alpha value is -3.42. The number of aryl methyl sites for hydroxylation is 1. The van der Waals surface area contributed by atoms with Crippen molar-refractivity contribution in [1.82, 2.24) is 25.4 Å². The maximum absolute atomic E-state index is 13.3. The Morgan fingerprint density at radius 2 is 2.14 bits per heavy atom. The molecule has 3 rings (SSSR count). The van der Waals surface area contributed by atoms with E-state index in [0.29, 0.717) is 24.7 Å². The molecule has 2 aromatic heterocycles. The zero-order chi connectivity index (χ0) is 20.6. The van der Waals surface area contributed by atoms with Crippen molar-refractivity contribution in [3.63, 3.8) is 0 Å². The molecule has 8 heteroatoms. The molecule has 2 amide bonds. The first-order valence-electron chi connectivity index (χ1n) is 9.33. The Bertz CT molecular complexity index is 942. The van der Waals surface area contributed by atoms with Gasteiger partial charge in [0.25, 0.3) is 0 Å². The van der Waals surface area contributed by atoms with Gasteiger partial charge in [0, 0.05) is 43.7 Å². The number of urea groups is 1. The summed E-state index contributed by atoms with van der Waals surface area (Å²) in [6, 6.07) is 11.7. The molecule has 7 nitrogen and oxygen atoms in total. The average molecular weight is 397 g/mol. The summed E-state index contributed by atoms with van der Waals surface area (Å²) in [6.45, 7) is 0.999. The van der Waals surface area contributed by atoms with E-state index in [2.05, 4.69) is 20.5 Å². The number of aromatic nitrogens is 3. The lowest BCUT2D eigenvalue weighted by Crippen LogP contribution is -2.37. The van der Waals surface area contributed by atoms with Crippen LogP contribution in [0.4, 0.5) is 9.18 Å². The Labute approximate surface area is 168 Å². The molecular formula is C21H24FN5O2. The highest BCUT2D eigenvalue weighted by Crippen LogP contribution is 2.19. The van der Waals surface area contributed by atoms with Crippen LogP contribution in [0.1, 0.15) is 17.7 Å². The molecule has 0 aliphatic heterocycles. The summed E-state index contributed by atoms with van der Waals surface area (Å²) in [5.41, 5.74) is 3.29. The monoisotopic (exact) mass is 397 g/mol. The number of amides is 2. The van der Waals surface area contributed by atoms with Gasteiger partial charge in [0.15, 0.2) is 0 Å². The van der Waals surface area contributed by atoms with Crippen molar-refractivity contribution in [1.29, 1.82) is 0 Å². The Morgan fingerprint density at radius 1 is 1.28 bits per heavy atom. The summed E-state index contributed by atoms with van der Waals surface area (Å²) in [6.07, 6.45) is 3.19. The number of carbonyl (C=O) groups excluding carboxylic acids is 1. The molecule has 0 fully saturated rings. The topological polar surface area (TPSA) is 83.1 Å². The van der Waals surface area contributed by atoms with Crippen molar-refractivity contribution in [3.05, 3.63) is 65.7 Å². The second-order valence-electron chi connectivity index (χ2n) is 6.68. The van der Waals surface area contributed by atoms with E-state index < -0.39 is 0 Å². The van der Waals surface area contributed by atoms with E-state index in [1.54, 1.807) is 37.4 Å². The molecule has 0 aliphatic carbocycles. The van der Waals surface area contributed by atoms with Gasteiger partial charge in [0.05, 0.1) is 12.8 Å². The molecule has 2 heterocycles. The second kappa shape index (κ2) is 9.68. The van der Waals surface area contributed by atoms with Gasteiger partial charge in [-0.2, -0.15) is 5.10 Å². The van der Waals surface area contributed by atoms with Gasteiger partial charge in [0.1, 0.15) is 5.82 Å². The fourth-order valence-corrected chi connectivity index (χ4v) is 2.84. The molecule has 29 heavy (non-hydrogen) atoms. The molecule has 0 bridgehead atoms. The standard InChI is InChI=1S/C21H24FN5O2/c1-27(21(28)24-14-15-8-9-20(29-2)23-13-15)10-4-7-18-12-19(26-25-18)16-5-3-6-17(22)11-16/h3,5-6,8-9,11-13H,4,7,10,14H2,1-2H3,(H,24,28)(H,25,26). The molecular weight excluding hydrogens is 373 g/mol. The molecule has 152 valence electrons. The molecule has 0 spiro atoms. The number of nitrogens with one attached hydrogen (secondary N) is 2. The van der Waals surface area contributed by atoms with Gasteiger partial charge in [-0.25, -0.2) is 14.2 Å². The third-order valence-corrected chi connectivity index (χ3v) is 4.49. The number of methoxy groups -OCH3 is 1. The van der Waals surface area contributed by atoms with E-state index >= 15 is 0 Å². The summed E-state index contributed by atoms with van der Waals surface area (Å²) in [4.78, 5) is 18.0. The first kappa shape index (κ1) is 20.3. The number of benzene rings is 1. The quantitative estimate of drug-likeness (QED) is 0.610. The fourth-order valence-electron chi connectivity index (χ4n) is 2.84. The van der Waals surface area contributed by atoms with Crippen LogP contribution in [0.2, 0.25) is 0 Å². The SMILES string of the molecule is COc1ccc(CNC(=O)N(C)CCCc2cc(-c3cccc(F)c3)n[nH]2)cn1. The van der Waals surface area contributed by atoms with Gasteiger partial charge in [0.2, 0.25) is 5.88 Å². The van der Waals surface area contributed by atoms with Crippen LogP contribution >= 0.6 is 0 Å². The molecule has 2 N–H and O–H groups in total. The van der Waals surface area contributed by atoms with Crippen molar-refractivity contribution in [3.8, 4) is 17.1 Å². The van der Waals surface area contributed by atoms with Gasteiger partial charge in [-0.1, -0.05) is 18.2 Å². The highest BCUT2D eigenvalue weighted by atomic mass is 19.1. The third kappa shape index (κ3) is 5.78. The lowest BCUT2D eigenvalue weighted by molar-refractivity contribution is 0.208. The normalized spacial score (nSPS) is 10.6. The molecule has 0 saturated heterocycles. The summed E-state index contributed by atoms with van der Waals surface area (Å²) in [7, 11) is 3.32. The summed E-state index contributed by atoms with van der Waals surface area (Å²) in [5, 5.41) is 10.1. The van der Waals surface area contributed by atoms with E-state index in [-0.39, 0.29) is 11.8 Å². The van der Waals surface area contributed by atoms with Crippen LogP contribution < -0.4 is 10.1 Å². The minimum absolute atomic E-state index is 0.147. The number of hydrogen-bond donors (Lipinski definition) is 2.